The Kier molecular flexibility index (Phi) is 5.17. The lowest BCUT2D eigenvalue weighted by Crippen LogP contribution is -2.31. The first-order chi connectivity index (χ1) is 11.6. The van der Waals surface area contributed by atoms with Gasteiger partial charge in [-0.05, 0) is 42.3 Å². The molecule has 0 atom stereocenters. The number of hydrogen-bond donors (Lipinski definition) is 0. The Hall–Kier alpha value is -1.91. The zero-order valence-corrected chi connectivity index (χ0v) is 14.7. The van der Waals surface area contributed by atoms with Gasteiger partial charge in [-0.3, -0.25) is 4.79 Å². The Bertz CT molecular complexity index is 744. The average Bonchev–Trinajstić information content (AvgIpc) is 3.03. The third-order valence-electron chi connectivity index (χ3n) is 3.93. The maximum atomic E-state index is 12.6. The number of ether oxygens (including phenoxy) is 2. The van der Waals surface area contributed by atoms with Crippen LogP contribution in [0.25, 0.3) is 0 Å². The number of fused-ring (bicyclic) bond motifs is 1. The topological polar surface area (TPSA) is 38.8 Å². The zero-order valence-electron chi connectivity index (χ0n) is 13.2. The highest BCUT2D eigenvalue weighted by Crippen LogP contribution is 2.33. The van der Waals surface area contributed by atoms with Crippen LogP contribution in [-0.4, -0.2) is 24.1 Å². The van der Waals surface area contributed by atoms with Crippen molar-refractivity contribution in [2.45, 2.75) is 19.9 Å². The molecule has 126 valence electrons. The third-order valence-corrected chi connectivity index (χ3v) is 4.64. The highest BCUT2D eigenvalue weighted by Gasteiger charge is 2.18. The molecule has 0 radical (unpaired) electrons. The lowest BCUT2D eigenvalue weighted by molar-refractivity contribution is -0.130. The number of carbonyl (C=O) groups excluding carboxylic acids is 1. The van der Waals surface area contributed by atoms with E-state index in [0.29, 0.717) is 34.4 Å². The summed E-state index contributed by atoms with van der Waals surface area (Å²) >= 11 is 12.3. The quantitative estimate of drug-likeness (QED) is 0.792. The van der Waals surface area contributed by atoms with E-state index in [0.717, 1.165) is 11.3 Å². The van der Waals surface area contributed by atoms with E-state index in [1.807, 2.05) is 25.1 Å². The van der Waals surface area contributed by atoms with Crippen molar-refractivity contribution in [1.29, 1.82) is 0 Å². The SMILES string of the molecule is CCN(Cc1ccc2c(c1)OCO2)C(=O)Cc1c(Cl)cccc1Cl. The molecule has 1 aliphatic rings. The van der Waals surface area contributed by atoms with E-state index in [1.54, 1.807) is 23.1 Å². The van der Waals surface area contributed by atoms with Crippen LogP contribution >= 0.6 is 23.2 Å². The van der Waals surface area contributed by atoms with Crippen molar-refractivity contribution in [3.05, 3.63) is 57.6 Å². The molecule has 0 aliphatic carbocycles. The van der Waals surface area contributed by atoms with E-state index in [-0.39, 0.29) is 19.1 Å². The third kappa shape index (κ3) is 3.60. The summed E-state index contributed by atoms with van der Waals surface area (Å²) in [6, 6.07) is 10.9. The summed E-state index contributed by atoms with van der Waals surface area (Å²) in [5, 5.41) is 1.02. The van der Waals surface area contributed by atoms with E-state index in [4.69, 9.17) is 32.7 Å². The van der Waals surface area contributed by atoms with Crippen LogP contribution in [0.1, 0.15) is 18.1 Å². The minimum absolute atomic E-state index is 0.0230. The predicted molar refractivity (Wildman–Crippen MR) is 93.8 cm³/mol. The van der Waals surface area contributed by atoms with Crippen LogP contribution in [0.4, 0.5) is 0 Å². The van der Waals surface area contributed by atoms with E-state index >= 15 is 0 Å². The van der Waals surface area contributed by atoms with E-state index in [9.17, 15) is 4.79 Å². The van der Waals surface area contributed by atoms with Gasteiger partial charge in [-0.1, -0.05) is 35.3 Å². The van der Waals surface area contributed by atoms with Gasteiger partial charge in [0.15, 0.2) is 11.5 Å². The molecular formula is C18H17Cl2NO3. The van der Waals surface area contributed by atoms with Gasteiger partial charge >= 0.3 is 0 Å². The Labute approximate surface area is 150 Å². The first-order valence-corrected chi connectivity index (χ1v) is 8.43. The fraction of sp³-hybridized carbons (Fsp3) is 0.278. The van der Waals surface area contributed by atoms with Crippen LogP contribution in [0.15, 0.2) is 36.4 Å². The largest absolute Gasteiger partial charge is 0.454 e. The molecule has 0 fully saturated rings. The molecule has 6 heteroatoms. The Morgan fingerprint density at radius 2 is 1.83 bits per heavy atom. The molecular weight excluding hydrogens is 349 g/mol. The van der Waals surface area contributed by atoms with Crippen LogP contribution in [0.3, 0.4) is 0 Å². The molecule has 4 nitrogen and oxygen atoms in total. The molecule has 1 heterocycles. The summed E-state index contributed by atoms with van der Waals surface area (Å²) in [5.41, 5.74) is 1.65. The predicted octanol–water partition coefficient (Wildman–Crippen LogP) is 4.31. The lowest BCUT2D eigenvalue weighted by atomic mass is 10.1. The fourth-order valence-electron chi connectivity index (χ4n) is 2.60. The summed E-state index contributed by atoms with van der Waals surface area (Å²) in [7, 11) is 0. The molecule has 1 aliphatic heterocycles. The van der Waals surface area contributed by atoms with Gasteiger partial charge in [-0.2, -0.15) is 0 Å². The fourth-order valence-corrected chi connectivity index (χ4v) is 3.13. The van der Waals surface area contributed by atoms with Crippen molar-refractivity contribution in [2.24, 2.45) is 0 Å². The number of carbonyl (C=O) groups is 1. The van der Waals surface area contributed by atoms with Gasteiger partial charge in [-0.15, -0.1) is 0 Å². The number of hydrogen-bond acceptors (Lipinski definition) is 3. The molecule has 3 rings (SSSR count). The number of halogens is 2. The molecule has 0 bridgehead atoms. The molecule has 0 spiro atoms. The molecule has 0 saturated carbocycles. The average molecular weight is 366 g/mol. The van der Waals surface area contributed by atoms with Crippen LogP contribution in [-0.2, 0) is 17.8 Å². The van der Waals surface area contributed by atoms with Crippen molar-refractivity contribution >= 4 is 29.1 Å². The van der Waals surface area contributed by atoms with Crippen LogP contribution < -0.4 is 9.47 Å². The maximum absolute atomic E-state index is 12.6. The summed E-state index contributed by atoms with van der Waals surface area (Å²) in [5.74, 6) is 1.42. The number of amides is 1. The van der Waals surface area contributed by atoms with Crippen molar-refractivity contribution in [1.82, 2.24) is 4.90 Å². The summed E-state index contributed by atoms with van der Waals surface area (Å²) in [6.07, 6.45) is 0.177. The van der Waals surface area contributed by atoms with Gasteiger partial charge in [0.25, 0.3) is 0 Å². The van der Waals surface area contributed by atoms with Crippen LogP contribution in [0, 0.1) is 0 Å². The number of rotatable bonds is 5. The smallest absolute Gasteiger partial charge is 0.231 e. The summed E-state index contributed by atoms with van der Waals surface area (Å²) < 4.78 is 10.7. The minimum Gasteiger partial charge on any atom is -0.454 e. The van der Waals surface area contributed by atoms with Crippen molar-refractivity contribution < 1.29 is 14.3 Å². The highest BCUT2D eigenvalue weighted by molar-refractivity contribution is 6.36. The van der Waals surface area contributed by atoms with Gasteiger partial charge in [-0.25, -0.2) is 0 Å². The number of benzene rings is 2. The van der Waals surface area contributed by atoms with Gasteiger partial charge in [0.2, 0.25) is 12.7 Å². The molecule has 2 aromatic carbocycles. The Morgan fingerprint density at radius 3 is 2.54 bits per heavy atom. The van der Waals surface area contributed by atoms with Gasteiger partial charge < -0.3 is 14.4 Å². The normalized spacial score (nSPS) is 12.3. The van der Waals surface area contributed by atoms with Crippen LogP contribution in [0.2, 0.25) is 10.0 Å². The second-order valence-corrected chi connectivity index (χ2v) is 6.29. The lowest BCUT2D eigenvalue weighted by Gasteiger charge is -2.22. The molecule has 24 heavy (non-hydrogen) atoms. The van der Waals surface area contributed by atoms with Crippen molar-refractivity contribution in [3.8, 4) is 11.5 Å². The summed E-state index contributed by atoms with van der Waals surface area (Å²) in [4.78, 5) is 14.4. The first kappa shape index (κ1) is 16.9. The Balaban J connectivity index is 1.73. The molecule has 0 aromatic heterocycles. The second-order valence-electron chi connectivity index (χ2n) is 5.47. The number of likely N-dealkylation sites (N-methyl/N-ethyl adjacent to an activating group) is 1. The molecule has 2 aromatic rings. The minimum atomic E-state index is -0.0230. The monoisotopic (exact) mass is 365 g/mol. The van der Waals surface area contributed by atoms with E-state index in [2.05, 4.69) is 0 Å². The van der Waals surface area contributed by atoms with Gasteiger partial charge in [0.05, 0.1) is 6.42 Å². The molecule has 0 unspecified atom stereocenters. The van der Waals surface area contributed by atoms with E-state index < -0.39 is 0 Å². The van der Waals surface area contributed by atoms with Gasteiger partial charge in [0.1, 0.15) is 0 Å². The summed E-state index contributed by atoms with van der Waals surface area (Å²) in [6.45, 7) is 3.27. The number of nitrogens with zero attached hydrogens (tertiary/aromatic N) is 1. The van der Waals surface area contributed by atoms with E-state index in [1.165, 1.54) is 0 Å². The van der Waals surface area contributed by atoms with Crippen molar-refractivity contribution in [2.75, 3.05) is 13.3 Å². The maximum Gasteiger partial charge on any atom is 0.231 e. The van der Waals surface area contributed by atoms with Crippen molar-refractivity contribution in [3.63, 3.8) is 0 Å². The first-order valence-electron chi connectivity index (χ1n) is 7.67. The Morgan fingerprint density at radius 1 is 1.12 bits per heavy atom. The second kappa shape index (κ2) is 7.32. The zero-order chi connectivity index (χ0) is 17.1. The molecule has 0 N–H and O–H groups in total. The highest BCUT2D eigenvalue weighted by atomic mass is 35.5. The standard InChI is InChI=1S/C18H17Cl2NO3/c1-2-21(10-12-6-7-16-17(8-12)24-11-23-16)18(22)9-13-14(19)4-3-5-15(13)20/h3-8H,2,9-11H2,1H3. The van der Waals surface area contributed by atoms with Gasteiger partial charge in [0, 0.05) is 23.1 Å². The molecule has 1 amide bonds. The van der Waals surface area contributed by atoms with Crippen LogP contribution in [0.5, 0.6) is 11.5 Å². The molecule has 0 saturated heterocycles.